The molecule has 2 aromatic rings. The Morgan fingerprint density at radius 2 is 1.67 bits per heavy atom. The minimum absolute atomic E-state index is 0.143. The average Bonchev–Trinajstić information content (AvgIpc) is 3.04. The predicted molar refractivity (Wildman–Crippen MR) is 87.3 cm³/mol. The van der Waals surface area contributed by atoms with Gasteiger partial charge in [0.15, 0.2) is 0 Å². The van der Waals surface area contributed by atoms with Gasteiger partial charge in [0.2, 0.25) is 0 Å². The van der Waals surface area contributed by atoms with Crippen molar-refractivity contribution in [2.75, 3.05) is 23.3 Å². The number of anilines is 2. The number of carbonyl (C=O) groups excluding carboxylic acids is 1. The number of hydrogen-bond donors (Lipinski definition) is 1. The van der Waals surface area contributed by atoms with E-state index >= 15 is 0 Å². The van der Waals surface area contributed by atoms with Crippen LogP contribution in [0.1, 0.15) is 23.2 Å². The van der Waals surface area contributed by atoms with Crippen molar-refractivity contribution in [3.63, 3.8) is 0 Å². The molecule has 0 aromatic heterocycles. The Bertz CT molecular complexity index is 633. The zero-order valence-corrected chi connectivity index (χ0v) is 12.4. The van der Waals surface area contributed by atoms with Crippen molar-refractivity contribution in [2.24, 2.45) is 0 Å². The molecule has 1 amide bonds. The van der Waals surface area contributed by atoms with Gasteiger partial charge in [-0.3, -0.25) is 4.79 Å². The molecule has 1 heterocycles. The van der Waals surface area contributed by atoms with E-state index in [9.17, 15) is 4.79 Å². The van der Waals surface area contributed by atoms with E-state index < -0.39 is 0 Å². The Hall–Kier alpha value is -2.00. The van der Waals surface area contributed by atoms with Gasteiger partial charge in [-0.2, -0.15) is 0 Å². The van der Waals surface area contributed by atoms with Crippen molar-refractivity contribution in [1.29, 1.82) is 0 Å². The van der Waals surface area contributed by atoms with Gasteiger partial charge in [-0.15, -0.1) is 0 Å². The summed E-state index contributed by atoms with van der Waals surface area (Å²) in [5, 5.41) is 3.37. The topological polar surface area (TPSA) is 32.3 Å². The van der Waals surface area contributed by atoms with Crippen LogP contribution in [0.2, 0.25) is 5.02 Å². The Morgan fingerprint density at radius 1 is 1.00 bits per heavy atom. The highest BCUT2D eigenvalue weighted by Gasteiger charge is 2.13. The maximum atomic E-state index is 12.2. The summed E-state index contributed by atoms with van der Waals surface area (Å²) < 4.78 is 0. The van der Waals surface area contributed by atoms with Gasteiger partial charge in [-0.05, 0) is 49.2 Å². The van der Waals surface area contributed by atoms with E-state index in [1.54, 1.807) is 12.1 Å². The molecule has 1 aliphatic rings. The van der Waals surface area contributed by atoms with Gasteiger partial charge in [-0.1, -0.05) is 23.7 Å². The highest BCUT2D eigenvalue weighted by molar-refractivity contribution is 6.33. The summed E-state index contributed by atoms with van der Waals surface area (Å²) in [5.41, 5.74) is 2.45. The van der Waals surface area contributed by atoms with Crippen molar-refractivity contribution in [2.45, 2.75) is 12.8 Å². The number of para-hydroxylation sites is 1. The van der Waals surface area contributed by atoms with Crippen LogP contribution in [0.25, 0.3) is 0 Å². The van der Waals surface area contributed by atoms with Crippen molar-refractivity contribution in [3.8, 4) is 0 Å². The van der Waals surface area contributed by atoms with Crippen LogP contribution in [0.4, 0.5) is 11.4 Å². The van der Waals surface area contributed by atoms with Gasteiger partial charge < -0.3 is 10.2 Å². The van der Waals surface area contributed by atoms with Gasteiger partial charge in [0, 0.05) is 24.3 Å². The molecule has 3 rings (SSSR count). The minimum atomic E-state index is -0.143. The van der Waals surface area contributed by atoms with Crippen molar-refractivity contribution >= 4 is 28.9 Å². The third kappa shape index (κ3) is 3.19. The van der Waals surface area contributed by atoms with E-state index in [4.69, 9.17) is 11.6 Å². The molecular formula is C17H17ClN2O. The summed E-state index contributed by atoms with van der Waals surface area (Å²) in [7, 11) is 0. The maximum absolute atomic E-state index is 12.2. The zero-order chi connectivity index (χ0) is 14.7. The molecule has 1 fully saturated rings. The quantitative estimate of drug-likeness (QED) is 0.921. The molecule has 0 spiro atoms. The summed E-state index contributed by atoms with van der Waals surface area (Å²) in [6.07, 6.45) is 2.49. The monoisotopic (exact) mass is 300 g/mol. The van der Waals surface area contributed by atoms with Gasteiger partial charge in [-0.25, -0.2) is 0 Å². The van der Waals surface area contributed by atoms with E-state index in [-0.39, 0.29) is 5.91 Å². The predicted octanol–water partition coefficient (Wildman–Crippen LogP) is 4.19. The fourth-order valence-corrected chi connectivity index (χ4v) is 2.74. The molecule has 0 radical (unpaired) electrons. The lowest BCUT2D eigenvalue weighted by molar-refractivity contribution is 0.102. The number of amides is 1. The molecule has 2 aromatic carbocycles. The SMILES string of the molecule is O=C(Nc1ccccc1Cl)c1ccc(N2CCCC2)cc1. The van der Waals surface area contributed by atoms with E-state index in [0.29, 0.717) is 16.3 Å². The first-order valence-corrected chi connectivity index (χ1v) is 7.53. The second-order valence-electron chi connectivity index (χ2n) is 5.17. The largest absolute Gasteiger partial charge is 0.372 e. The number of rotatable bonds is 3. The lowest BCUT2D eigenvalue weighted by Crippen LogP contribution is -2.18. The molecule has 0 saturated carbocycles. The number of benzene rings is 2. The van der Waals surface area contributed by atoms with E-state index in [0.717, 1.165) is 13.1 Å². The Kier molecular flexibility index (Phi) is 4.11. The molecule has 3 nitrogen and oxygen atoms in total. The fraction of sp³-hybridized carbons (Fsp3) is 0.235. The Morgan fingerprint density at radius 3 is 2.33 bits per heavy atom. The lowest BCUT2D eigenvalue weighted by atomic mass is 10.1. The van der Waals surface area contributed by atoms with E-state index in [1.807, 2.05) is 36.4 Å². The first-order valence-electron chi connectivity index (χ1n) is 7.15. The second kappa shape index (κ2) is 6.19. The number of nitrogens with one attached hydrogen (secondary N) is 1. The van der Waals surface area contributed by atoms with Gasteiger partial charge in [0.1, 0.15) is 0 Å². The zero-order valence-electron chi connectivity index (χ0n) is 11.7. The van der Waals surface area contributed by atoms with Gasteiger partial charge >= 0.3 is 0 Å². The molecule has 108 valence electrons. The molecule has 0 bridgehead atoms. The third-order valence-corrected chi connectivity index (χ3v) is 4.05. The van der Waals surface area contributed by atoms with Crippen LogP contribution in [-0.2, 0) is 0 Å². The highest BCUT2D eigenvalue weighted by atomic mass is 35.5. The average molecular weight is 301 g/mol. The molecule has 4 heteroatoms. The summed E-state index contributed by atoms with van der Waals surface area (Å²) >= 11 is 6.05. The lowest BCUT2D eigenvalue weighted by Gasteiger charge is -2.17. The van der Waals surface area contributed by atoms with Crippen LogP contribution in [-0.4, -0.2) is 19.0 Å². The van der Waals surface area contributed by atoms with Crippen LogP contribution < -0.4 is 10.2 Å². The number of nitrogens with zero attached hydrogens (tertiary/aromatic N) is 1. The van der Waals surface area contributed by atoms with Crippen LogP contribution in [0, 0.1) is 0 Å². The molecule has 1 aliphatic heterocycles. The number of carbonyl (C=O) groups is 1. The molecule has 0 atom stereocenters. The van der Waals surface area contributed by atoms with Crippen molar-refractivity contribution < 1.29 is 4.79 Å². The second-order valence-corrected chi connectivity index (χ2v) is 5.58. The van der Waals surface area contributed by atoms with Crippen LogP contribution >= 0.6 is 11.6 Å². The normalized spacial score (nSPS) is 14.2. The standard InChI is InChI=1S/C17H17ClN2O/c18-15-5-1-2-6-16(15)19-17(21)13-7-9-14(10-8-13)20-11-3-4-12-20/h1-2,5-10H,3-4,11-12H2,(H,19,21). The van der Waals surface area contributed by atoms with Crippen molar-refractivity contribution in [3.05, 3.63) is 59.1 Å². The number of halogens is 1. The summed E-state index contributed by atoms with van der Waals surface area (Å²) in [4.78, 5) is 14.6. The molecule has 1 N–H and O–H groups in total. The molecule has 21 heavy (non-hydrogen) atoms. The maximum Gasteiger partial charge on any atom is 0.255 e. The van der Waals surface area contributed by atoms with E-state index in [1.165, 1.54) is 18.5 Å². The summed E-state index contributed by atoms with van der Waals surface area (Å²) in [6, 6.07) is 15.0. The summed E-state index contributed by atoms with van der Waals surface area (Å²) in [6.45, 7) is 2.20. The molecule has 0 aliphatic carbocycles. The Labute approximate surface area is 129 Å². The highest BCUT2D eigenvalue weighted by Crippen LogP contribution is 2.23. The molecular weight excluding hydrogens is 284 g/mol. The molecule has 1 saturated heterocycles. The molecule has 0 unspecified atom stereocenters. The van der Waals surface area contributed by atoms with Crippen LogP contribution in [0.15, 0.2) is 48.5 Å². The van der Waals surface area contributed by atoms with Gasteiger partial charge in [0.05, 0.1) is 10.7 Å². The van der Waals surface area contributed by atoms with Crippen LogP contribution in [0.3, 0.4) is 0 Å². The van der Waals surface area contributed by atoms with Gasteiger partial charge in [0.25, 0.3) is 5.91 Å². The van der Waals surface area contributed by atoms with E-state index in [2.05, 4.69) is 10.2 Å². The van der Waals surface area contributed by atoms with Crippen LogP contribution in [0.5, 0.6) is 0 Å². The Balaban J connectivity index is 1.71. The first-order chi connectivity index (χ1) is 10.2. The number of hydrogen-bond acceptors (Lipinski definition) is 2. The summed E-state index contributed by atoms with van der Waals surface area (Å²) in [5.74, 6) is -0.143. The fourth-order valence-electron chi connectivity index (χ4n) is 2.56. The third-order valence-electron chi connectivity index (χ3n) is 3.72. The van der Waals surface area contributed by atoms with Crippen molar-refractivity contribution in [1.82, 2.24) is 0 Å². The smallest absolute Gasteiger partial charge is 0.255 e. The first kappa shape index (κ1) is 14.0. The minimum Gasteiger partial charge on any atom is -0.372 e.